The van der Waals surface area contributed by atoms with Crippen LogP contribution < -0.4 is 0 Å². The molecule has 5 nitrogen and oxygen atoms in total. The second-order valence-corrected chi connectivity index (χ2v) is 4.34. The van der Waals surface area contributed by atoms with E-state index in [0.717, 1.165) is 0 Å². The van der Waals surface area contributed by atoms with Gasteiger partial charge in [-0.3, -0.25) is 4.55 Å². The lowest BCUT2D eigenvalue weighted by Crippen LogP contribution is -2.49. The maximum atomic E-state index is 12.6. The van der Waals surface area contributed by atoms with Crippen molar-refractivity contribution in [3.8, 4) is 0 Å². The first-order valence-corrected chi connectivity index (χ1v) is 5.44. The molecule has 0 rings (SSSR count). The van der Waals surface area contributed by atoms with Gasteiger partial charge in [0.25, 0.3) is 0 Å². The van der Waals surface area contributed by atoms with Gasteiger partial charge in [-0.1, -0.05) is 6.92 Å². The normalized spacial score (nSPS) is 16.2. The first-order valence-electron chi connectivity index (χ1n) is 4.00. The third-order valence-corrected chi connectivity index (χ3v) is 2.48. The molecule has 0 aliphatic rings. The third kappa shape index (κ3) is 3.27. The van der Waals surface area contributed by atoms with Gasteiger partial charge in [0.2, 0.25) is 0 Å². The number of ether oxygens (including phenoxy) is 1. The molecule has 0 saturated carbocycles. The van der Waals surface area contributed by atoms with Crippen LogP contribution in [0.15, 0.2) is 0 Å². The summed E-state index contributed by atoms with van der Waals surface area (Å²) in [5.74, 6) is 0. The Morgan fingerprint density at radius 2 is 1.75 bits per heavy atom. The zero-order valence-electron chi connectivity index (χ0n) is 8.03. The minimum atomic E-state index is -6.30. The van der Waals surface area contributed by atoms with Gasteiger partial charge in [-0.2, -0.15) is 26.0 Å². The number of rotatable bonds is 6. The van der Waals surface area contributed by atoms with Crippen molar-refractivity contribution in [2.45, 2.75) is 30.8 Å². The molecule has 0 saturated heterocycles. The highest BCUT2D eigenvalue weighted by atomic mass is 32.2. The van der Waals surface area contributed by atoms with Gasteiger partial charge in [-0.25, -0.2) is 0 Å². The third-order valence-electron chi connectivity index (χ3n) is 1.59. The van der Waals surface area contributed by atoms with Crippen LogP contribution in [0.2, 0.25) is 0 Å². The molecule has 0 radical (unpaired) electrons. The Kier molecular flexibility index (Phi) is 4.68. The van der Waals surface area contributed by atoms with Crippen LogP contribution in [0.4, 0.5) is 17.6 Å². The summed E-state index contributed by atoms with van der Waals surface area (Å²) in [5, 5.41) is 3.00. The van der Waals surface area contributed by atoms with E-state index >= 15 is 0 Å². The van der Waals surface area contributed by atoms with E-state index in [2.05, 4.69) is 4.74 Å². The lowest BCUT2D eigenvalue weighted by Gasteiger charge is -2.24. The Morgan fingerprint density at radius 3 is 2.06 bits per heavy atom. The fraction of sp³-hybridized carbons (Fsp3) is 1.00. The predicted molar refractivity (Wildman–Crippen MR) is 43.7 cm³/mol. The van der Waals surface area contributed by atoms with Crippen LogP contribution in [-0.2, 0) is 14.9 Å². The van der Waals surface area contributed by atoms with Crippen molar-refractivity contribution >= 4 is 10.1 Å². The average Bonchev–Trinajstić information content (AvgIpc) is 2.12. The maximum absolute atomic E-state index is 12.6. The minimum absolute atomic E-state index is 0.0481. The number of aliphatic hydroxyl groups excluding tert-OH is 1. The van der Waals surface area contributed by atoms with Gasteiger partial charge in [0.1, 0.15) is 0 Å². The molecule has 0 aliphatic heterocycles. The molecule has 1 atom stereocenters. The topological polar surface area (TPSA) is 83.8 Å². The molecule has 0 aliphatic carbocycles. The van der Waals surface area contributed by atoms with Crippen LogP contribution in [0.1, 0.15) is 13.3 Å². The molecule has 1 unspecified atom stereocenters. The highest BCUT2D eigenvalue weighted by Gasteiger charge is 2.67. The first kappa shape index (κ1) is 15.6. The van der Waals surface area contributed by atoms with Crippen LogP contribution >= 0.6 is 0 Å². The molecule has 0 fully saturated rings. The summed E-state index contributed by atoms with van der Waals surface area (Å²) in [6.07, 6.45) is -6.91. The van der Waals surface area contributed by atoms with Crippen molar-refractivity contribution < 1.29 is 40.4 Å². The molecule has 98 valence electrons. The van der Waals surface area contributed by atoms with Crippen LogP contribution in [0.5, 0.6) is 0 Å². The van der Waals surface area contributed by atoms with Crippen molar-refractivity contribution in [1.82, 2.24) is 0 Å². The smallest absolute Gasteiger partial charge is 0.391 e. The Bertz CT molecular complexity index is 328. The van der Waals surface area contributed by atoms with Gasteiger partial charge in [0.15, 0.2) is 0 Å². The molecule has 2 N–H and O–H groups in total. The van der Waals surface area contributed by atoms with Gasteiger partial charge in [0, 0.05) is 0 Å². The van der Waals surface area contributed by atoms with Crippen LogP contribution in [-0.4, -0.2) is 42.2 Å². The highest BCUT2D eigenvalue weighted by Crippen LogP contribution is 2.39. The standard InChI is InChI=1S/C6H10F4O5S/c1-2-4(11)3-15-5(7,8)6(9,10)16(12,13)14/h4,11H,2-3H2,1H3,(H,12,13,14). The fourth-order valence-corrected chi connectivity index (χ4v) is 0.912. The zero-order chi connectivity index (χ0) is 13.2. The van der Waals surface area contributed by atoms with E-state index in [1.807, 2.05) is 0 Å². The molecular weight excluding hydrogens is 260 g/mol. The molecule has 0 heterocycles. The number of aliphatic hydroxyl groups is 1. The van der Waals surface area contributed by atoms with E-state index in [1.54, 1.807) is 0 Å². The maximum Gasteiger partial charge on any atom is 0.459 e. The lowest BCUT2D eigenvalue weighted by molar-refractivity contribution is -0.323. The van der Waals surface area contributed by atoms with Crippen molar-refractivity contribution in [1.29, 1.82) is 0 Å². The van der Waals surface area contributed by atoms with Crippen LogP contribution in [0.25, 0.3) is 0 Å². The van der Waals surface area contributed by atoms with E-state index in [9.17, 15) is 26.0 Å². The molecular formula is C6H10F4O5S. The zero-order valence-corrected chi connectivity index (χ0v) is 8.85. The van der Waals surface area contributed by atoms with Crippen molar-refractivity contribution in [3.63, 3.8) is 0 Å². The second kappa shape index (κ2) is 4.82. The van der Waals surface area contributed by atoms with E-state index in [4.69, 9.17) is 9.66 Å². The molecule has 16 heavy (non-hydrogen) atoms. The molecule has 0 amide bonds. The number of halogens is 4. The minimum Gasteiger partial charge on any atom is -0.391 e. The summed E-state index contributed by atoms with van der Waals surface area (Å²) in [5.41, 5.74) is 0. The summed E-state index contributed by atoms with van der Waals surface area (Å²) in [6.45, 7) is 0.182. The van der Waals surface area contributed by atoms with E-state index in [0.29, 0.717) is 0 Å². The monoisotopic (exact) mass is 270 g/mol. The summed E-state index contributed by atoms with van der Waals surface area (Å²) in [6, 6.07) is 0. The van der Waals surface area contributed by atoms with Gasteiger partial charge >= 0.3 is 21.5 Å². The van der Waals surface area contributed by atoms with Crippen molar-refractivity contribution in [2.75, 3.05) is 6.61 Å². The Hall–Kier alpha value is -0.450. The van der Waals surface area contributed by atoms with Crippen molar-refractivity contribution in [3.05, 3.63) is 0 Å². The van der Waals surface area contributed by atoms with E-state index in [-0.39, 0.29) is 6.42 Å². The summed E-state index contributed by atoms with van der Waals surface area (Å²) < 4.78 is 81.3. The molecule has 0 aromatic rings. The Balaban J connectivity index is 4.79. The fourth-order valence-electron chi connectivity index (χ4n) is 0.553. The molecule has 0 spiro atoms. The van der Waals surface area contributed by atoms with Gasteiger partial charge < -0.3 is 9.84 Å². The summed E-state index contributed by atoms with van der Waals surface area (Å²) >= 11 is 0. The Morgan fingerprint density at radius 1 is 1.31 bits per heavy atom. The SMILES string of the molecule is CCC(O)COC(F)(F)C(F)(F)S(=O)(=O)O. The number of hydrogen-bond donors (Lipinski definition) is 2. The van der Waals surface area contributed by atoms with Gasteiger partial charge in [-0.15, -0.1) is 0 Å². The van der Waals surface area contributed by atoms with Gasteiger partial charge in [0.05, 0.1) is 12.7 Å². The number of alkyl halides is 4. The molecule has 0 aromatic carbocycles. The summed E-state index contributed by atoms with van der Waals surface area (Å²) in [4.78, 5) is 0. The van der Waals surface area contributed by atoms with Gasteiger partial charge in [-0.05, 0) is 6.42 Å². The first-order chi connectivity index (χ1) is 6.95. The number of hydrogen-bond acceptors (Lipinski definition) is 4. The Labute approximate surface area is 88.8 Å². The predicted octanol–water partition coefficient (Wildman–Crippen LogP) is 0.847. The second-order valence-electron chi connectivity index (χ2n) is 2.88. The molecule has 0 aromatic heterocycles. The summed E-state index contributed by atoms with van der Waals surface area (Å²) in [7, 11) is -6.30. The van der Waals surface area contributed by atoms with E-state index < -0.39 is 34.2 Å². The largest absolute Gasteiger partial charge is 0.459 e. The highest BCUT2D eigenvalue weighted by molar-refractivity contribution is 7.86. The molecule has 10 heteroatoms. The van der Waals surface area contributed by atoms with E-state index in [1.165, 1.54) is 6.92 Å². The van der Waals surface area contributed by atoms with Crippen LogP contribution in [0.3, 0.4) is 0 Å². The average molecular weight is 270 g/mol. The van der Waals surface area contributed by atoms with Crippen LogP contribution in [0, 0.1) is 0 Å². The quantitative estimate of drug-likeness (QED) is 0.552. The molecule has 0 bridgehead atoms. The van der Waals surface area contributed by atoms with Crippen molar-refractivity contribution in [2.24, 2.45) is 0 Å². The lowest BCUT2D eigenvalue weighted by atomic mass is 10.3.